The zero-order valence-corrected chi connectivity index (χ0v) is 11.3. The number of hydrogen-bond donors (Lipinski definition) is 1. The Morgan fingerprint density at radius 1 is 1.10 bits per heavy atom. The molecule has 0 aliphatic rings. The summed E-state index contributed by atoms with van der Waals surface area (Å²) in [5.41, 5.74) is 1.92. The molecule has 1 N–H and O–H groups in total. The minimum Gasteiger partial charge on any atom is -0.478 e. The molecular formula is C14H15N3O3. The highest BCUT2D eigenvalue weighted by molar-refractivity contribution is 5.87. The van der Waals surface area contributed by atoms with Gasteiger partial charge in [0.1, 0.15) is 5.75 Å². The van der Waals surface area contributed by atoms with E-state index in [9.17, 15) is 4.79 Å². The third kappa shape index (κ3) is 3.09. The average Bonchev–Trinajstić information content (AvgIpc) is 2.47. The molecule has 0 aliphatic carbocycles. The molecule has 1 aromatic carbocycles. The van der Waals surface area contributed by atoms with Gasteiger partial charge in [0.2, 0.25) is 0 Å². The monoisotopic (exact) mass is 273 g/mol. The number of ether oxygens (including phenoxy) is 1. The molecule has 0 saturated carbocycles. The Balaban J connectivity index is 2.19. The smallest absolute Gasteiger partial charge is 0.341 e. The quantitative estimate of drug-likeness (QED) is 0.900. The lowest BCUT2D eigenvalue weighted by Gasteiger charge is -2.07. The van der Waals surface area contributed by atoms with E-state index in [4.69, 9.17) is 9.84 Å². The number of nitrogens with zero attached hydrogens (tertiary/aromatic N) is 3. The van der Waals surface area contributed by atoms with E-state index in [1.807, 2.05) is 13.8 Å². The van der Waals surface area contributed by atoms with Gasteiger partial charge in [-0.1, -0.05) is 18.9 Å². The molecule has 6 nitrogen and oxygen atoms in total. The van der Waals surface area contributed by atoms with Gasteiger partial charge in [-0.25, -0.2) is 4.79 Å². The molecule has 0 saturated heterocycles. The van der Waals surface area contributed by atoms with E-state index in [0.29, 0.717) is 5.75 Å². The molecule has 1 heterocycles. The molecule has 0 bridgehead atoms. The number of carboxylic acid groups (broad SMARTS) is 1. The number of benzene rings is 1. The van der Waals surface area contributed by atoms with Crippen LogP contribution in [0.5, 0.6) is 11.8 Å². The Labute approximate surface area is 116 Å². The number of aromatic nitrogens is 3. The van der Waals surface area contributed by atoms with Crippen molar-refractivity contribution in [2.24, 2.45) is 0 Å². The molecule has 0 spiro atoms. The zero-order chi connectivity index (χ0) is 14.5. The summed E-state index contributed by atoms with van der Waals surface area (Å²) in [6.45, 7) is 3.99. The van der Waals surface area contributed by atoms with E-state index >= 15 is 0 Å². The van der Waals surface area contributed by atoms with Crippen LogP contribution < -0.4 is 4.74 Å². The van der Waals surface area contributed by atoms with Gasteiger partial charge in [0.05, 0.1) is 17.0 Å². The van der Waals surface area contributed by atoms with Gasteiger partial charge in [0, 0.05) is 0 Å². The van der Waals surface area contributed by atoms with Crippen LogP contribution in [0.25, 0.3) is 0 Å². The highest BCUT2D eigenvalue weighted by Gasteiger charge is 2.08. The molecular weight excluding hydrogens is 258 g/mol. The molecule has 0 atom stereocenters. The predicted octanol–water partition coefficient (Wildman–Crippen LogP) is 2.49. The van der Waals surface area contributed by atoms with Crippen LogP contribution in [0.3, 0.4) is 0 Å². The second-order valence-electron chi connectivity index (χ2n) is 4.13. The number of aromatic carboxylic acids is 1. The maximum Gasteiger partial charge on any atom is 0.341 e. The fourth-order valence-corrected chi connectivity index (χ4v) is 1.74. The van der Waals surface area contributed by atoms with Gasteiger partial charge in [-0.05, 0) is 37.1 Å². The van der Waals surface area contributed by atoms with E-state index in [1.165, 1.54) is 12.1 Å². The molecule has 0 amide bonds. The molecule has 6 heteroatoms. The van der Waals surface area contributed by atoms with E-state index < -0.39 is 5.97 Å². The minimum absolute atomic E-state index is 0.169. The van der Waals surface area contributed by atoms with Crippen LogP contribution in [0, 0.1) is 0 Å². The van der Waals surface area contributed by atoms with Crippen molar-refractivity contribution in [3.8, 4) is 11.8 Å². The normalized spacial score (nSPS) is 10.3. The SMILES string of the molecule is CCc1nnc(Oc2ccc(C(=O)O)cc2)nc1CC. The number of carboxylic acids is 1. The fraction of sp³-hybridized carbons (Fsp3) is 0.286. The zero-order valence-electron chi connectivity index (χ0n) is 11.3. The molecule has 104 valence electrons. The highest BCUT2D eigenvalue weighted by Crippen LogP contribution is 2.19. The van der Waals surface area contributed by atoms with Gasteiger partial charge in [0.25, 0.3) is 0 Å². The van der Waals surface area contributed by atoms with E-state index in [0.717, 1.165) is 24.2 Å². The molecule has 2 rings (SSSR count). The first-order valence-electron chi connectivity index (χ1n) is 6.37. The van der Waals surface area contributed by atoms with E-state index in [1.54, 1.807) is 12.1 Å². The van der Waals surface area contributed by atoms with Gasteiger partial charge >= 0.3 is 12.0 Å². The summed E-state index contributed by atoms with van der Waals surface area (Å²) in [6.07, 6.45) is 1.53. The molecule has 0 unspecified atom stereocenters. The first kappa shape index (κ1) is 13.9. The van der Waals surface area contributed by atoms with Gasteiger partial charge in [-0.15, -0.1) is 5.10 Å². The number of aryl methyl sites for hydroxylation is 2. The third-order valence-corrected chi connectivity index (χ3v) is 2.80. The molecule has 20 heavy (non-hydrogen) atoms. The summed E-state index contributed by atoms with van der Waals surface area (Å²) in [5, 5.41) is 16.8. The molecule has 1 aromatic heterocycles. The topological polar surface area (TPSA) is 85.2 Å². The average molecular weight is 273 g/mol. The van der Waals surface area contributed by atoms with Crippen LogP contribution in [0.2, 0.25) is 0 Å². The third-order valence-electron chi connectivity index (χ3n) is 2.80. The maximum atomic E-state index is 10.7. The Kier molecular flexibility index (Phi) is 4.24. The van der Waals surface area contributed by atoms with Crippen molar-refractivity contribution in [1.82, 2.24) is 15.2 Å². The number of rotatable bonds is 5. The largest absolute Gasteiger partial charge is 0.478 e. The summed E-state index contributed by atoms with van der Waals surface area (Å²) in [6, 6.07) is 6.22. The first-order chi connectivity index (χ1) is 9.63. The molecule has 2 aromatic rings. The Morgan fingerprint density at radius 3 is 2.30 bits per heavy atom. The highest BCUT2D eigenvalue weighted by atomic mass is 16.5. The van der Waals surface area contributed by atoms with Crippen LogP contribution in [-0.2, 0) is 12.8 Å². The van der Waals surface area contributed by atoms with Crippen molar-refractivity contribution in [1.29, 1.82) is 0 Å². The van der Waals surface area contributed by atoms with Crippen molar-refractivity contribution in [3.63, 3.8) is 0 Å². The Morgan fingerprint density at radius 2 is 1.75 bits per heavy atom. The summed E-state index contributed by atoms with van der Waals surface area (Å²) in [5.74, 6) is -0.502. The molecule has 0 aliphatic heterocycles. The van der Waals surface area contributed by atoms with Crippen LogP contribution in [0.4, 0.5) is 0 Å². The van der Waals surface area contributed by atoms with E-state index in [-0.39, 0.29) is 11.6 Å². The molecule has 0 fully saturated rings. The van der Waals surface area contributed by atoms with E-state index in [2.05, 4.69) is 15.2 Å². The van der Waals surface area contributed by atoms with Gasteiger partial charge in [-0.3, -0.25) is 0 Å². The summed E-state index contributed by atoms with van der Waals surface area (Å²) < 4.78 is 5.48. The number of carbonyl (C=O) groups is 1. The lowest BCUT2D eigenvalue weighted by atomic mass is 10.2. The predicted molar refractivity (Wildman–Crippen MR) is 72.1 cm³/mol. The van der Waals surface area contributed by atoms with Crippen molar-refractivity contribution in [2.45, 2.75) is 26.7 Å². The van der Waals surface area contributed by atoms with Gasteiger partial charge in [0.15, 0.2) is 0 Å². The van der Waals surface area contributed by atoms with Crippen LogP contribution in [0.15, 0.2) is 24.3 Å². The maximum absolute atomic E-state index is 10.7. The summed E-state index contributed by atoms with van der Waals surface area (Å²) >= 11 is 0. The summed E-state index contributed by atoms with van der Waals surface area (Å²) in [4.78, 5) is 15.1. The number of hydrogen-bond acceptors (Lipinski definition) is 5. The lowest BCUT2D eigenvalue weighted by Crippen LogP contribution is -2.04. The first-order valence-corrected chi connectivity index (χ1v) is 6.37. The second kappa shape index (κ2) is 6.10. The lowest BCUT2D eigenvalue weighted by molar-refractivity contribution is 0.0697. The second-order valence-corrected chi connectivity index (χ2v) is 4.13. The van der Waals surface area contributed by atoms with Crippen LogP contribution in [0.1, 0.15) is 35.6 Å². The van der Waals surface area contributed by atoms with Gasteiger partial charge < -0.3 is 9.84 Å². The molecule has 0 radical (unpaired) electrons. The van der Waals surface area contributed by atoms with Crippen LogP contribution in [-0.4, -0.2) is 26.3 Å². The summed E-state index contributed by atoms with van der Waals surface area (Å²) in [7, 11) is 0. The Hall–Kier alpha value is -2.50. The van der Waals surface area contributed by atoms with Crippen molar-refractivity contribution >= 4 is 5.97 Å². The van der Waals surface area contributed by atoms with Crippen molar-refractivity contribution in [3.05, 3.63) is 41.2 Å². The fourth-order valence-electron chi connectivity index (χ4n) is 1.74. The minimum atomic E-state index is -0.977. The van der Waals surface area contributed by atoms with Crippen molar-refractivity contribution in [2.75, 3.05) is 0 Å². The van der Waals surface area contributed by atoms with Crippen molar-refractivity contribution < 1.29 is 14.6 Å². The van der Waals surface area contributed by atoms with Crippen LogP contribution >= 0.6 is 0 Å². The Bertz CT molecular complexity index is 612. The van der Waals surface area contributed by atoms with Gasteiger partial charge in [-0.2, -0.15) is 4.98 Å². The standard InChI is InChI=1S/C14H15N3O3/c1-3-11-12(4-2)16-17-14(15-11)20-10-7-5-9(6-8-10)13(18)19/h5-8H,3-4H2,1-2H3,(H,18,19).